The summed E-state index contributed by atoms with van der Waals surface area (Å²) in [5.74, 6) is -0.259. The lowest BCUT2D eigenvalue weighted by molar-refractivity contribution is -0.122. The summed E-state index contributed by atoms with van der Waals surface area (Å²) in [6.07, 6.45) is 5.00. The van der Waals surface area contributed by atoms with Gasteiger partial charge in [0.15, 0.2) is 0 Å². The first-order valence-electron chi connectivity index (χ1n) is 8.51. The molecule has 3 N–H and O–H groups in total. The normalized spacial score (nSPS) is 12.9. The lowest BCUT2D eigenvalue weighted by Gasteiger charge is -2.08. The van der Waals surface area contributed by atoms with Gasteiger partial charge in [0, 0.05) is 42.7 Å². The number of anilines is 1. The Labute approximate surface area is 151 Å². The molecule has 3 rings (SSSR count). The number of hydrogen-bond donors (Lipinski definition) is 3. The lowest BCUT2D eigenvalue weighted by atomic mass is 10.2. The molecular weight excluding hydrogens is 332 g/mol. The van der Waals surface area contributed by atoms with Crippen molar-refractivity contribution >= 4 is 23.4 Å². The third kappa shape index (κ3) is 4.89. The van der Waals surface area contributed by atoms with Crippen molar-refractivity contribution in [3.63, 3.8) is 0 Å². The fraction of sp³-hybridized carbons (Fsp3) is 0.263. The minimum absolute atomic E-state index is 0.0629. The molecule has 134 valence electrons. The molecule has 2 aromatic rings. The zero-order valence-corrected chi connectivity index (χ0v) is 14.2. The first-order chi connectivity index (χ1) is 12.6. The van der Waals surface area contributed by atoms with Crippen LogP contribution in [0, 0.1) is 5.92 Å². The van der Waals surface area contributed by atoms with Gasteiger partial charge >= 0.3 is 0 Å². The maximum absolute atomic E-state index is 12.1. The number of pyridine rings is 1. The van der Waals surface area contributed by atoms with Gasteiger partial charge in [-0.2, -0.15) is 0 Å². The Morgan fingerprint density at radius 2 is 1.65 bits per heavy atom. The van der Waals surface area contributed by atoms with Crippen LogP contribution in [0.4, 0.5) is 5.69 Å². The summed E-state index contributed by atoms with van der Waals surface area (Å²) in [5.41, 5.74) is 1.53. The van der Waals surface area contributed by atoms with E-state index in [1.165, 1.54) is 6.20 Å². The van der Waals surface area contributed by atoms with E-state index in [2.05, 4.69) is 20.9 Å². The van der Waals surface area contributed by atoms with Gasteiger partial charge < -0.3 is 16.0 Å². The van der Waals surface area contributed by atoms with Crippen LogP contribution in [0.3, 0.4) is 0 Å². The summed E-state index contributed by atoms with van der Waals surface area (Å²) >= 11 is 0. The average molecular weight is 352 g/mol. The van der Waals surface area contributed by atoms with Gasteiger partial charge in [0.25, 0.3) is 11.8 Å². The third-order valence-electron chi connectivity index (χ3n) is 3.99. The minimum atomic E-state index is -0.262. The number of carbonyl (C=O) groups excluding carboxylic acids is 3. The second-order valence-corrected chi connectivity index (χ2v) is 6.09. The van der Waals surface area contributed by atoms with E-state index >= 15 is 0 Å². The molecule has 1 heterocycles. The fourth-order valence-electron chi connectivity index (χ4n) is 2.36. The maximum Gasteiger partial charge on any atom is 0.257 e. The topological polar surface area (TPSA) is 100 Å². The van der Waals surface area contributed by atoms with Crippen molar-refractivity contribution in [1.29, 1.82) is 0 Å². The molecule has 1 aromatic carbocycles. The van der Waals surface area contributed by atoms with Gasteiger partial charge in [-0.25, -0.2) is 0 Å². The molecule has 26 heavy (non-hydrogen) atoms. The molecule has 7 heteroatoms. The van der Waals surface area contributed by atoms with Gasteiger partial charge in [-0.1, -0.05) is 0 Å². The summed E-state index contributed by atoms with van der Waals surface area (Å²) in [6.45, 7) is 0.789. The van der Waals surface area contributed by atoms with Crippen LogP contribution in [-0.2, 0) is 4.79 Å². The van der Waals surface area contributed by atoms with E-state index in [0.29, 0.717) is 29.9 Å². The summed E-state index contributed by atoms with van der Waals surface area (Å²) < 4.78 is 0. The molecule has 1 aromatic heterocycles. The van der Waals surface area contributed by atoms with E-state index < -0.39 is 0 Å². The molecule has 3 amide bonds. The molecule has 0 bridgehead atoms. The summed E-state index contributed by atoms with van der Waals surface area (Å²) in [7, 11) is 0. The number of benzene rings is 1. The Kier molecular flexibility index (Phi) is 5.58. The highest BCUT2D eigenvalue weighted by molar-refractivity contribution is 6.04. The van der Waals surface area contributed by atoms with Crippen molar-refractivity contribution in [2.75, 3.05) is 18.4 Å². The number of hydrogen-bond acceptors (Lipinski definition) is 4. The first-order valence-corrected chi connectivity index (χ1v) is 8.51. The number of rotatable bonds is 7. The quantitative estimate of drug-likeness (QED) is 0.659. The third-order valence-corrected chi connectivity index (χ3v) is 3.99. The molecule has 1 aliphatic carbocycles. The number of nitrogens with one attached hydrogen (secondary N) is 3. The Morgan fingerprint density at radius 1 is 0.923 bits per heavy atom. The van der Waals surface area contributed by atoms with Crippen molar-refractivity contribution in [1.82, 2.24) is 15.6 Å². The molecule has 1 saturated carbocycles. The van der Waals surface area contributed by atoms with Crippen molar-refractivity contribution in [2.24, 2.45) is 5.92 Å². The van der Waals surface area contributed by atoms with E-state index in [9.17, 15) is 14.4 Å². The fourth-order valence-corrected chi connectivity index (χ4v) is 2.36. The Hall–Kier alpha value is -3.22. The predicted molar refractivity (Wildman–Crippen MR) is 96.7 cm³/mol. The van der Waals surface area contributed by atoms with Crippen LogP contribution in [0.2, 0.25) is 0 Å². The standard InChI is InChI=1S/C19H20N4O3/c24-17(13-3-4-13)21-10-11-22-18(25)14-5-7-16(8-6-14)23-19(26)15-2-1-9-20-12-15/h1-2,5-9,12-13H,3-4,10-11H2,(H,21,24)(H,22,25)(H,23,26). The van der Waals surface area contributed by atoms with Crippen LogP contribution in [0.15, 0.2) is 48.8 Å². The van der Waals surface area contributed by atoms with Crippen LogP contribution in [0.25, 0.3) is 0 Å². The molecule has 0 aliphatic heterocycles. The van der Waals surface area contributed by atoms with Crippen LogP contribution in [0.5, 0.6) is 0 Å². The largest absolute Gasteiger partial charge is 0.354 e. The lowest BCUT2D eigenvalue weighted by Crippen LogP contribution is -2.35. The minimum Gasteiger partial charge on any atom is -0.354 e. The zero-order chi connectivity index (χ0) is 18.4. The van der Waals surface area contributed by atoms with Gasteiger partial charge in [0.2, 0.25) is 5.91 Å². The van der Waals surface area contributed by atoms with E-state index in [1.807, 2.05) is 0 Å². The van der Waals surface area contributed by atoms with Crippen molar-refractivity contribution in [2.45, 2.75) is 12.8 Å². The molecular formula is C19H20N4O3. The van der Waals surface area contributed by atoms with Crippen LogP contribution in [0.1, 0.15) is 33.6 Å². The second kappa shape index (κ2) is 8.24. The first kappa shape index (κ1) is 17.6. The van der Waals surface area contributed by atoms with Gasteiger partial charge in [-0.3, -0.25) is 19.4 Å². The Morgan fingerprint density at radius 3 is 2.31 bits per heavy atom. The molecule has 0 atom stereocenters. The predicted octanol–water partition coefficient (Wildman–Crippen LogP) is 1.59. The number of nitrogens with zero attached hydrogens (tertiary/aromatic N) is 1. The molecule has 7 nitrogen and oxygen atoms in total. The molecule has 0 spiro atoms. The number of aromatic nitrogens is 1. The summed E-state index contributed by atoms with van der Waals surface area (Å²) in [4.78, 5) is 39.5. The van der Waals surface area contributed by atoms with Gasteiger partial charge in [0.05, 0.1) is 5.56 Å². The van der Waals surface area contributed by atoms with Crippen molar-refractivity contribution in [3.8, 4) is 0 Å². The van der Waals surface area contributed by atoms with Crippen LogP contribution >= 0.6 is 0 Å². The second-order valence-electron chi connectivity index (χ2n) is 6.09. The van der Waals surface area contributed by atoms with Gasteiger partial charge in [0.1, 0.15) is 0 Å². The van der Waals surface area contributed by atoms with Gasteiger partial charge in [-0.05, 0) is 49.2 Å². The highest BCUT2D eigenvalue weighted by Gasteiger charge is 2.28. The maximum atomic E-state index is 12.1. The highest BCUT2D eigenvalue weighted by atomic mass is 16.2. The number of carbonyl (C=O) groups is 3. The molecule has 1 fully saturated rings. The summed E-state index contributed by atoms with van der Waals surface area (Å²) in [5, 5.41) is 8.29. The molecule has 1 aliphatic rings. The SMILES string of the molecule is O=C(NCCNC(=O)C1CC1)c1ccc(NC(=O)c2cccnc2)cc1. The highest BCUT2D eigenvalue weighted by Crippen LogP contribution is 2.28. The Bertz CT molecular complexity index is 786. The van der Waals surface area contributed by atoms with Crippen LogP contribution in [-0.4, -0.2) is 35.8 Å². The number of amides is 3. The van der Waals surface area contributed by atoms with Crippen molar-refractivity contribution in [3.05, 3.63) is 59.9 Å². The van der Waals surface area contributed by atoms with Crippen molar-refractivity contribution < 1.29 is 14.4 Å². The molecule has 0 unspecified atom stereocenters. The van der Waals surface area contributed by atoms with E-state index in [0.717, 1.165) is 12.8 Å². The zero-order valence-electron chi connectivity index (χ0n) is 14.2. The molecule has 0 radical (unpaired) electrons. The summed E-state index contributed by atoms with van der Waals surface area (Å²) in [6, 6.07) is 9.96. The van der Waals surface area contributed by atoms with E-state index in [4.69, 9.17) is 0 Å². The van der Waals surface area contributed by atoms with E-state index in [1.54, 1.807) is 42.6 Å². The van der Waals surface area contributed by atoms with Gasteiger partial charge in [-0.15, -0.1) is 0 Å². The smallest absolute Gasteiger partial charge is 0.257 e. The average Bonchev–Trinajstić information content (AvgIpc) is 3.51. The molecule has 0 saturated heterocycles. The van der Waals surface area contributed by atoms with Crippen LogP contribution < -0.4 is 16.0 Å². The Balaban J connectivity index is 1.45. The monoisotopic (exact) mass is 352 g/mol. The van der Waals surface area contributed by atoms with E-state index in [-0.39, 0.29) is 23.6 Å².